The number of thioether (sulfide) groups is 1. The van der Waals surface area contributed by atoms with E-state index in [0.717, 1.165) is 18.8 Å². The van der Waals surface area contributed by atoms with Gasteiger partial charge >= 0.3 is 5.97 Å². The molecule has 13 heavy (non-hydrogen) atoms. The van der Waals surface area contributed by atoms with E-state index in [0.29, 0.717) is 6.61 Å². The van der Waals surface area contributed by atoms with Gasteiger partial charge in [-0.15, -0.1) is 0 Å². The van der Waals surface area contributed by atoms with Gasteiger partial charge in [-0.3, -0.25) is 0 Å². The molecular formula is C9H17NO2S. The molecule has 0 atom stereocenters. The summed E-state index contributed by atoms with van der Waals surface area (Å²) in [5.41, 5.74) is 0. The number of carbonyl (C=O) groups excluding carboxylic acids is 1. The van der Waals surface area contributed by atoms with Crippen molar-refractivity contribution in [3.05, 3.63) is 12.2 Å². The molecule has 0 saturated carbocycles. The molecule has 0 rings (SSSR count). The van der Waals surface area contributed by atoms with E-state index in [9.17, 15) is 4.79 Å². The van der Waals surface area contributed by atoms with Crippen LogP contribution in [0.1, 0.15) is 6.92 Å². The number of ether oxygens (including phenoxy) is 1. The summed E-state index contributed by atoms with van der Waals surface area (Å²) in [6.45, 7) is 3.92. The molecular weight excluding hydrogens is 186 g/mol. The average molecular weight is 203 g/mol. The van der Waals surface area contributed by atoms with E-state index in [2.05, 4.69) is 11.6 Å². The van der Waals surface area contributed by atoms with Crippen molar-refractivity contribution in [3.63, 3.8) is 0 Å². The lowest BCUT2D eigenvalue weighted by Gasteiger charge is -1.98. The lowest BCUT2D eigenvalue weighted by molar-refractivity contribution is -0.137. The second-order valence-corrected chi connectivity index (χ2v) is 3.34. The Balaban J connectivity index is 3.25. The molecule has 0 bridgehead atoms. The summed E-state index contributed by atoms with van der Waals surface area (Å²) in [6, 6.07) is 0. The van der Waals surface area contributed by atoms with E-state index in [1.807, 2.05) is 0 Å². The van der Waals surface area contributed by atoms with Gasteiger partial charge < -0.3 is 10.1 Å². The first-order chi connectivity index (χ1) is 6.31. The van der Waals surface area contributed by atoms with Gasteiger partial charge in [0.05, 0.1) is 6.61 Å². The molecule has 0 heterocycles. The maximum absolute atomic E-state index is 10.8. The highest BCUT2D eigenvalue weighted by atomic mass is 32.2. The highest BCUT2D eigenvalue weighted by Gasteiger charge is 1.91. The highest BCUT2D eigenvalue weighted by molar-refractivity contribution is 7.98. The van der Waals surface area contributed by atoms with Gasteiger partial charge in [0, 0.05) is 24.9 Å². The Labute approximate surface area is 83.9 Å². The van der Waals surface area contributed by atoms with Crippen molar-refractivity contribution in [1.29, 1.82) is 0 Å². The van der Waals surface area contributed by atoms with E-state index >= 15 is 0 Å². The van der Waals surface area contributed by atoms with Crippen LogP contribution in [0.5, 0.6) is 0 Å². The molecule has 0 aromatic heterocycles. The van der Waals surface area contributed by atoms with E-state index in [1.165, 1.54) is 6.08 Å². The molecule has 4 heteroatoms. The van der Waals surface area contributed by atoms with Crippen LogP contribution in [0.4, 0.5) is 0 Å². The van der Waals surface area contributed by atoms with Gasteiger partial charge in [0.1, 0.15) is 0 Å². The van der Waals surface area contributed by atoms with Crippen molar-refractivity contribution in [2.75, 3.05) is 31.7 Å². The molecule has 0 aliphatic heterocycles. The van der Waals surface area contributed by atoms with Gasteiger partial charge in [0.25, 0.3) is 0 Å². The van der Waals surface area contributed by atoms with Gasteiger partial charge in [-0.25, -0.2) is 4.79 Å². The number of hydrogen-bond donors (Lipinski definition) is 1. The average Bonchev–Trinajstić information content (AvgIpc) is 2.11. The molecule has 0 saturated heterocycles. The van der Waals surface area contributed by atoms with Crippen molar-refractivity contribution in [1.82, 2.24) is 5.32 Å². The van der Waals surface area contributed by atoms with Crippen molar-refractivity contribution in [2.45, 2.75) is 6.92 Å². The smallest absolute Gasteiger partial charge is 0.330 e. The zero-order valence-corrected chi connectivity index (χ0v) is 9.02. The summed E-state index contributed by atoms with van der Waals surface area (Å²) in [6.07, 6.45) is 5.30. The molecule has 0 aliphatic rings. The van der Waals surface area contributed by atoms with E-state index in [4.69, 9.17) is 4.74 Å². The zero-order valence-electron chi connectivity index (χ0n) is 8.21. The maximum Gasteiger partial charge on any atom is 0.330 e. The SMILES string of the molecule is CCOC(=O)/C=C/CNCCSC. The van der Waals surface area contributed by atoms with Crippen LogP contribution in [0, 0.1) is 0 Å². The molecule has 0 aromatic rings. The van der Waals surface area contributed by atoms with Crippen LogP contribution in [0.2, 0.25) is 0 Å². The largest absolute Gasteiger partial charge is 0.463 e. The Morgan fingerprint density at radius 1 is 1.62 bits per heavy atom. The number of rotatable bonds is 7. The minimum absolute atomic E-state index is 0.269. The Hall–Kier alpha value is -0.480. The Morgan fingerprint density at radius 3 is 3.00 bits per heavy atom. The normalized spacial score (nSPS) is 10.6. The zero-order chi connectivity index (χ0) is 9.94. The van der Waals surface area contributed by atoms with Gasteiger partial charge in [-0.1, -0.05) is 6.08 Å². The van der Waals surface area contributed by atoms with Gasteiger partial charge in [-0.2, -0.15) is 11.8 Å². The lowest BCUT2D eigenvalue weighted by Crippen LogP contribution is -2.17. The van der Waals surface area contributed by atoms with E-state index < -0.39 is 0 Å². The summed E-state index contributed by atoms with van der Waals surface area (Å²) in [4.78, 5) is 10.8. The van der Waals surface area contributed by atoms with Crippen LogP contribution in [-0.4, -0.2) is 37.7 Å². The molecule has 0 amide bonds. The molecule has 0 aliphatic carbocycles. The molecule has 76 valence electrons. The second kappa shape index (κ2) is 9.61. The first kappa shape index (κ1) is 12.5. The first-order valence-corrected chi connectivity index (χ1v) is 5.73. The highest BCUT2D eigenvalue weighted by Crippen LogP contribution is 1.86. The predicted octanol–water partition coefficient (Wildman–Crippen LogP) is 1.06. The number of carbonyl (C=O) groups is 1. The summed E-state index contributed by atoms with van der Waals surface area (Å²) in [5, 5.41) is 3.17. The van der Waals surface area contributed by atoms with Crippen LogP contribution in [0.25, 0.3) is 0 Å². The van der Waals surface area contributed by atoms with Crippen LogP contribution < -0.4 is 5.32 Å². The minimum Gasteiger partial charge on any atom is -0.463 e. The summed E-state index contributed by atoms with van der Waals surface area (Å²) in [7, 11) is 0. The number of hydrogen-bond acceptors (Lipinski definition) is 4. The summed E-state index contributed by atoms with van der Waals surface area (Å²) in [5.74, 6) is 0.821. The monoisotopic (exact) mass is 203 g/mol. The molecule has 0 spiro atoms. The topological polar surface area (TPSA) is 38.3 Å². The molecule has 0 aromatic carbocycles. The van der Waals surface area contributed by atoms with Gasteiger partial charge in [0.15, 0.2) is 0 Å². The van der Waals surface area contributed by atoms with Crippen molar-refractivity contribution in [2.24, 2.45) is 0 Å². The van der Waals surface area contributed by atoms with E-state index in [1.54, 1.807) is 24.8 Å². The van der Waals surface area contributed by atoms with Gasteiger partial charge in [-0.05, 0) is 13.2 Å². The maximum atomic E-state index is 10.8. The van der Waals surface area contributed by atoms with Gasteiger partial charge in [0.2, 0.25) is 0 Å². The summed E-state index contributed by atoms with van der Waals surface area (Å²) >= 11 is 1.80. The van der Waals surface area contributed by atoms with Crippen LogP contribution in [0.3, 0.4) is 0 Å². The van der Waals surface area contributed by atoms with Crippen molar-refractivity contribution >= 4 is 17.7 Å². The molecule has 3 nitrogen and oxygen atoms in total. The number of nitrogens with one attached hydrogen (secondary N) is 1. The Kier molecular flexibility index (Phi) is 9.25. The second-order valence-electron chi connectivity index (χ2n) is 2.35. The molecule has 1 N–H and O–H groups in total. The predicted molar refractivity (Wildman–Crippen MR) is 57.0 cm³/mol. The van der Waals surface area contributed by atoms with Crippen molar-refractivity contribution in [3.8, 4) is 0 Å². The fraction of sp³-hybridized carbons (Fsp3) is 0.667. The minimum atomic E-state index is -0.269. The standard InChI is InChI=1S/C9H17NO2S/c1-3-12-9(11)5-4-6-10-7-8-13-2/h4-5,10H,3,6-8H2,1-2H3/b5-4+. The van der Waals surface area contributed by atoms with Crippen LogP contribution in [-0.2, 0) is 9.53 Å². The van der Waals surface area contributed by atoms with E-state index in [-0.39, 0.29) is 5.97 Å². The first-order valence-electron chi connectivity index (χ1n) is 4.34. The fourth-order valence-corrected chi connectivity index (χ4v) is 1.05. The third-order valence-corrected chi connectivity index (χ3v) is 1.90. The molecule has 0 radical (unpaired) electrons. The Morgan fingerprint density at radius 2 is 2.38 bits per heavy atom. The fourth-order valence-electron chi connectivity index (χ4n) is 0.705. The van der Waals surface area contributed by atoms with Crippen molar-refractivity contribution < 1.29 is 9.53 Å². The molecule has 0 fully saturated rings. The molecule has 0 unspecified atom stereocenters. The third-order valence-electron chi connectivity index (χ3n) is 1.29. The quantitative estimate of drug-likeness (QED) is 0.381. The Bertz CT molecular complexity index is 160. The third kappa shape index (κ3) is 9.43. The summed E-state index contributed by atoms with van der Waals surface area (Å²) < 4.78 is 4.71. The number of esters is 1. The van der Waals surface area contributed by atoms with Crippen LogP contribution in [0.15, 0.2) is 12.2 Å². The lowest BCUT2D eigenvalue weighted by atomic mass is 10.5. The van der Waals surface area contributed by atoms with Crippen LogP contribution >= 0.6 is 11.8 Å².